The topological polar surface area (TPSA) is 9.23 Å². The first-order valence-electron chi connectivity index (χ1n) is 11.2. The second-order valence-electron chi connectivity index (χ2n) is 8.74. The van der Waals surface area contributed by atoms with Crippen molar-refractivity contribution in [3.8, 4) is 5.75 Å². The van der Waals surface area contributed by atoms with Gasteiger partial charge in [0, 0.05) is 0 Å². The Balaban J connectivity index is 1.48. The highest BCUT2D eigenvalue weighted by Gasteiger charge is 2.33. The van der Waals surface area contributed by atoms with Crippen molar-refractivity contribution in [2.45, 2.75) is 70.6 Å². The number of hydrogen-bond donors (Lipinski definition) is 0. The van der Waals surface area contributed by atoms with E-state index in [-0.39, 0.29) is 5.92 Å². The summed E-state index contributed by atoms with van der Waals surface area (Å²) in [7, 11) is 0. The normalized spacial score (nSPS) is 21.1. The number of unbranched alkanes of at least 4 members (excludes halogenated alkanes) is 1. The van der Waals surface area contributed by atoms with Gasteiger partial charge >= 0.3 is 6.36 Å². The van der Waals surface area contributed by atoms with Crippen molar-refractivity contribution in [1.29, 1.82) is 0 Å². The summed E-state index contributed by atoms with van der Waals surface area (Å²) < 4.78 is 55.1. The van der Waals surface area contributed by atoms with Gasteiger partial charge in [-0.25, -0.2) is 4.39 Å². The van der Waals surface area contributed by atoms with Crippen LogP contribution in [-0.2, 0) is 25.7 Å². The summed E-state index contributed by atoms with van der Waals surface area (Å²) >= 11 is 0. The van der Waals surface area contributed by atoms with E-state index >= 15 is 0 Å². The standard InChI is InChI=1S/C26H28F4O/c1-2-3-4-5-17-6-11-22-20(14-17)7-8-21-15-18(9-12-23(21)22)19-10-13-25(24(27)16-19)31-26(28,29)30/h4-5,7-8,10,13,16-18H,2-3,6,9,11-12,14-15H2,1H3. The van der Waals surface area contributed by atoms with Crippen molar-refractivity contribution < 1.29 is 22.3 Å². The molecule has 0 heterocycles. The van der Waals surface area contributed by atoms with Gasteiger partial charge in [0.1, 0.15) is 0 Å². The molecule has 1 nitrogen and oxygen atoms in total. The molecule has 2 aromatic rings. The minimum Gasteiger partial charge on any atom is -0.403 e. The molecule has 0 saturated heterocycles. The maximum absolute atomic E-state index is 14.2. The zero-order valence-corrected chi connectivity index (χ0v) is 17.8. The highest BCUT2D eigenvalue weighted by Crippen LogP contribution is 2.39. The largest absolute Gasteiger partial charge is 0.573 e. The maximum atomic E-state index is 14.2. The van der Waals surface area contributed by atoms with Crippen LogP contribution in [0.5, 0.6) is 5.75 Å². The molecule has 0 amide bonds. The van der Waals surface area contributed by atoms with E-state index in [0.29, 0.717) is 5.92 Å². The number of fused-ring (bicyclic) bond motifs is 3. The Kier molecular flexibility index (Phi) is 6.40. The molecule has 2 aliphatic rings. The third-order valence-electron chi connectivity index (χ3n) is 6.60. The van der Waals surface area contributed by atoms with Gasteiger partial charge in [-0.15, -0.1) is 13.2 Å². The van der Waals surface area contributed by atoms with Crippen LogP contribution in [0.1, 0.15) is 66.3 Å². The zero-order chi connectivity index (χ0) is 22.0. The summed E-state index contributed by atoms with van der Waals surface area (Å²) in [5, 5.41) is 0. The van der Waals surface area contributed by atoms with Crippen LogP contribution >= 0.6 is 0 Å². The number of allylic oxidation sites excluding steroid dienone is 2. The molecule has 2 aliphatic carbocycles. The summed E-state index contributed by atoms with van der Waals surface area (Å²) in [5.41, 5.74) is 6.43. The van der Waals surface area contributed by atoms with Crippen LogP contribution in [0.4, 0.5) is 17.6 Å². The average molecular weight is 433 g/mol. The number of hydrogen-bond acceptors (Lipinski definition) is 1. The Morgan fingerprint density at radius 2 is 1.71 bits per heavy atom. The summed E-state index contributed by atoms with van der Waals surface area (Å²) in [6.45, 7) is 2.19. The average Bonchev–Trinajstić information content (AvgIpc) is 2.74. The quantitative estimate of drug-likeness (QED) is 0.352. The van der Waals surface area contributed by atoms with Gasteiger partial charge < -0.3 is 4.74 Å². The van der Waals surface area contributed by atoms with E-state index in [0.717, 1.165) is 50.2 Å². The van der Waals surface area contributed by atoms with Gasteiger partial charge in [0.15, 0.2) is 11.6 Å². The van der Waals surface area contributed by atoms with Crippen LogP contribution < -0.4 is 4.74 Å². The molecule has 0 aromatic heterocycles. The van der Waals surface area contributed by atoms with Crippen molar-refractivity contribution in [2.75, 3.05) is 0 Å². The fraction of sp³-hybridized carbons (Fsp3) is 0.462. The van der Waals surface area contributed by atoms with E-state index in [1.165, 1.54) is 41.2 Å². The van der Waals surface area contributed by atoms with Gasteiger partial charge in [-0.1, -0.05) is 43.7 Å². The van der Waals surface area contributed by atoms with Crippen molar-refractivity contribution in [2.24, 2.45) is 5.92 Å². The van der Waals surface area contributed by atoms with Crippen molar-refractivity contribution in [3.63, 3.8) is 0 Å². The lowest BCUT2D eigenvalue weighted by atomic mass is 9.74. The van der Waals surface area contributed by atoms with Gasteiger partial charge in [-0.2, -0.15) is 0 Å². The summed E-state index contributed by atoms with van der Waals surface area (Å²) in [5.74, 6) is -1.01. The van der Waals surface area contributed by atoms with Crippen molar-refractivity contribution in [3.05, 3.63) is 76.1 Å². The molecule has 0 saturated carbocycles. The minimum absolute atomic E-state index is 0.105. The first-order chi connectivity index (χ1) is 14.8. The Hall–Kier alpha value is -2.30. The van der Waals surface area contributed by atoms with Gasteiger partial charge in [-0.3, -0.25) is 0 Å². The van der Waals surface area contributed by atoms with Gasteiger partial charge in [0.25, 0.3) is 0 Å². The molecule has 0 radical (unpaired) electrons. The van der Waals surface area contributed by atoms with E-state index in [4.69, 9.17) is 0 Å². The molecule has 0 bridgehead atoms. The van der Waals surface area contributed by atoms with E-state index < -0.39 is 17.9 Å². The maximum Gasteiger partial charge on any atom is 0.573 e. The highest BCUT2D eigenvalue weighted by atomic mass is 19.4. The molecule has 0 N–H and O–H groups in total. The fourth-order valence-electron chi connectivity index (χ4n) is 5.08. The molecule has 166 valence electrons. The predicted octanol–water partition coefficient (Wildman–Crippen LogP) is 7.46. The second kappa shape index (κ2) is 9.05. The Labute approximate surface area is 181 Å². The Morgan fingerprint density at radius 3 is 2.39 bits per heavy atom. The lowest BCUT2D eigenvalue weighted by Gasteiger charge is -2.31. The van der Waals surface area contributed by atoms with Crippen LogP contribution in [0.15, 0.2) is 42.5 Å². The molecule has 2 unspecified atom stereocenters. The molecule has 0 spiro atoms. The number of halogens is 4. The summed E-state index contributed by atoms with van der Waals surface area (Å²) in [6, 6.07) is 8.30. The second-order valence-corrected chi connectivity index (χ2v) is 8.74. The lowest BCUT2D eigenvalue weighted by molar-refractivity contribution is -0.275. The van der Waals surface area contributed by atoms with Crippen LogP contribution in [0.2, 0.25) is 0 Å². The third kappa shape index (κ3) is 5.13. The van der Waals surface area contributed by atoms with Gasteiger partial charge in [0.05, 0.1) is 0 Å². The molecular formula is C26H28F4O. The molecule has 5 heteroatoms. The van der Waals surface area contributed by atoms with E-state index in [9.17, 15) is 17.6 Å². The first kappa shape index (κ1) is 21.9. The summed E-state index contributed by atoms with van der Waals surface area (Å²) in [6.07, 6.45) is 8.09. The van der Waals surface area contributed by atoms with Crippen LogP contribution in [0.3, 0.4) is 0 Å². The number of ether oxygens (including phenoxy) is 1. The van der Waals surface area contributed by atoms with E-state index in [1.807, 2.05) is 0 Å². The monoisotopic (exact) mass is 432 g/mol. The van der Waals surface area contributed by atoms with Crippen LogP contribution in [0, 0.1) is 11.7 Å². The molecule has 0 fully saturated rings. The highest BCUT2D eigenvalue weighted by molar-refractivity contribution is 5.46. The predicted molar refractivity (Wildman–Crippen MR) is 114 cm³/mol. The smallest absolute Gasteiger partial charge is 0.403 e. The molecule has 2 atom stereocenters. The minimum atomic E-state index is -4.89. The zero-order valence-electron chi connectivity index (χ0n) is 17.8. The van der Waals surface area contributed by atoms with Crippen LogP contribution in [-0.4, -0.2) is 6.36 Å². The lowest BCUT2D eigenvalue weighted by Crippen LogP contribution is -2.20. The van der Waals surface area contributed by atoms with Crippen molar-refractivity contribution in [1.82, 2.24) is 0 Å². The molecule has 31 heavy (non-hydrogen) atoms. The Bertz CT molecular complexity index is 961. The van der Waals surface area contributed by atoms with E-state index in [1.54, 1.807) is 6.07 Å². The number of rotatable bonds is 5. The number of alkyl halides is 3. The van der Waals surface area contributed by atoms with Crippen molar-refractivity contribution >= 4 is 0 Å². The third-order valence-corrected chi connectivity index (χ3v) is 6.60. The summed E-state index contributed by atoms with van der Waals surface area (Å²) in [4.78, 5) is 0. The molecule has 4 rings (SSSR count). The molecule has 2 aromatic carbocycles. The Morgan fingerprint density at radius 1 is 1.00 bits per heavy atom. The first-order valence-corrected chi connectivity index (χ1v) is 11.2. The number of benzene rings is 2. The molecule has 0 aliphatic heterocycles. The van der Waals surface area contributed by atoms with Gasteiger partial charge in [0.2, 0.25) is 0 Å². The molecular weight excluding hydrogens is 404 g/mol. The fourth-order valence-corrected chi connectivity index (χ4v) is 5.08. The van der Waals surface area contributed by atoms with Crippen LogP contribution in [0.25, 0.3) is 0 Å². The van der Waals surface area contributed by atoms with E-state index in [2.05, 4.69) is 35.9 Å². The van der Waals surface area contributed by atoms with Gasteiger partial charge in [-0.05, 0) is 96.7 Å². The SMILES string of the molecule is CCCC=CC1CCc2c(ccc3c2CCC(c2ccc(OC(F)(F)F)c(F)c2)C3)C1.